The second-order valence-electron chi connectivity index (χ2n) is 8.52. The number of likely N-dealkylation sites (tertiary alicyclic amines) is 1. The maximum Gasteiger partial charge on any atom is 0.220 e. The Bertz CT molecular complexity index is 988. The number of carbonyl (C=O) groups excluding carboxylic acids is 1. The van der Waals surface area contributed by atoms with Gasteiger partial charge in [-0.05, 0) is 67.1 Å². The molecule has 1 saturated heterocycles. The topological polar surface area (TPSA) is 58.6 Å². The maximum atomic E-state index is 12.5. The van der Waals surface area contributed by atoms with Gasteiger partial charge in [-0.2, -0.15) is 0 Å². The van der Waals surface area contributed by atoms with Gasteiger partial charge in [0.2, 0.25) is 5.91 Å². The average Bonchev–Trinajstić information content (AvgIpc) is 3.20. The Kier molecular flexibility index (Phi) is 7.26. The minimum atomic E-state index is 0.139. The number of ether oxygens (including phenoxy) is 1. The highest BCUT2D eigenvalue weighted by molar-refractivity contribution is 5.91. The monoisotopic (exact) mass is 420 g/mol. The number of benzene rings is 2. The fourth-order valence-electron chi connectivity index (χ4n) is 4.66. The summed E-state index contributed by atoms with van der Waals surface area (Å²) in [6.07, 6.45) is 6.36. The molecule has 2 heterocycles. The molecular formula is C26H34N3O2+. The van der Waals surface area contributed by atoms with E-state index in [0.717, 1.165) is 35.5 Å². The molecule has 31 heavy (non-hydrogen) atoms. The van der Waals surface area contributed by atoms with Crippen LogP contribution >= 0.6 is 0 Å². The Hall–Kier alpha value is -2.79. The third kappa shape index (κ3) is 5.47. The van der Waals surface area contributed by atoms with Crippen LogP contribution < -0.4 is 15.0 Å². The van der Waals surface area contributed by atoms with Crippen molar-refractivity contribution < 1.29 is 14.4 Å². The van der Waals surface area contributed by atoms with Crippen LogP contribution in [0.2, 0.25) is 0 Å². The van der Waals surface area contributed by atoms with E-state index in [-0.39, 0.29) is 5.91 Å². The molecule has 1 aliphatic heterocycles. The summed E-state index contributed by atoms with van der Waals surface area (Å²) < 4.78 is 5.29. The lowest BCUT2D eigenvalue weighted by Gasteiger charge is -2.23. The summed E-state index contributed by atoms with van der Waals surface area (Å²) in [5.41, 5.74) is 4.50. The minimum Gasteiger partial charge on any atom is -0.497 e. The highest BCUT2D eigenvalue weighted by atomic mass is 16.5. The minimum absolute atomic E-state index is 0.139. The van der Waals surface area contributed by atoms with Gasteiger partial charge in [-0.1, -0.05) is 18.2 Å². The number of H-pyrrole nitrogens is 1. The van der Waals surface area contributed by atoms with Crippen molar-refractivity contribution in [3.05, 3.63) is 54.1 Å². The molecule has 4 rings (SSSR count). The number of aromatic amines is 1. The molecule has 0 unspecified atom stereocenters. The highest BCUT2D eigenvalue weighted by Gasteiger charge is 2.15. The molecule has 1 aliphatic rings. The number of quaternary nitrogens is 1. The van der Waals surface area contributed by atoms with Crippen LogP contribution in [0.3, 0.4) is 0 Å². The Morgan fingerprint density at radius 3 is 2.61 bits per heavy atom. The average molecular weight is 421 g/mol. The first-order chi connectivity index (χ1) is 15.2. The SMILES string of the molecule is COc1ccc(-c2[nH]c3ccccc3c2CCC(=O)NCCC[NH+]2CCCCC2)cc1. The van der Waals surface area contributed by atoms with Gasteiger partial charge in [0, 0.05) is 36.0 Å². The van der Waals surface area contributed by atoms with Crippen LogP contribution in [-0.4, -0.2) is 44.2 Å². The van der Waals surface area contributed by atoms with E-state index in [1.165, 1.54) is 49.8 Å². The molecule has 0 atom stereocenters. The van der Waals surface area contributed by atoms with E-state index in [9.17, 15) is 4.79 Å². The van der Waals surface area contributed by atoms with E-state index in [1.54, 1.807) is 12.0 Å². The van der Waals surface area contributed by atoms with Gasteiger partial charge in [-0.25, -0.2) is 0 Å². The molecule has 3 aromatic rings. The summed E-state index contributed by atoms with van der Waals surface area (Å²) in [6.45, 7) is 4.54. The predicted molar refractivity (Wildman–Crippen MR) is 126 cm³/mol. The summed E-state index contributed by atoms with van der Waals surface area (Å²) in [4.78, 5) is 17.8. The van der Waals surface area contributed by atoms with Gasteiger partial charge >= 0.3 is 0 Å². The molecule has 0 aliphatic carbocycles. The van der Waals surface area contributed by atoms with Crippen LogP contribution in [0, 0.1) is 0 Å². The fourth-order valence-corrected chi connectivity index (χ4v) is 4.66. The van der Waals surface area contributed by atoms with E-state index < -0.39 is 0 Å². The van der Waals surface area contributed by atoms with Gasteiger partial charge in [-0.3, -0.25) is 4.79 Å². The second-order valence-corrected chi connectivity index (χ2v) is 8.52. The predicted octanol–water partition coefficient (Wildman–Crippen LogP) is 3.35. The van der Waals surface area contributed by atoms with Gasteiger partial charge in [0.05, 0.1) is 26.7 Å². The van der Waals surface area contributed by atoms with Crippen LogP contribution in [-0.2, 0) is 11.2 Å². The number of hydrogen-bond acceptors (Lipinski definition) is 2. The number of piperidine rings is 1. The summed E-state index contributed by atoms with van der Waals surface area (Å²) in [5.74, 6) is 0.979. The molecule has 2 aromatic carbocycles. The summed E-state index contributed by atoms with van der Waals surface area (Å²) in [5, 5.41) is 4.32. The summed E-state index contributed by atoms with van der Waals surface area (Å²) in [6, 6.07) is 16.4. The number of rotatable bonds is 9. The molecule has 0 radical (unpaired) electrons. The van der Waals surface area contributed by atoms with Crippen molar-refractivity contribution in [3.8, 4) is 17.0 Å². The maximum absolute atomic E-state index is 12.5. The van der Waals surface area contributed by atoms with Crippen LogP contribution in [0.25, 0.3) is 22.2 Å². The number of methoxy groups -OCH3 is 1. The highest BCUT2D eigenvalue weighted by Crippen LogP contribution is 2.32. The molecule has 0 bridgehead atoms. The fraction of sp³-hybridized carbons (Fsp3) is 0.423. The van der Waals surface area contributed by atoms with Crippen molar-refractivity contribution >= 4 is 16.8 Å². The normalized spacial score (nSPS) is 14.6. The summed E-state index contributed by atoms with van der Waals surface area (Å²) >= 11 is 0. The lowest BCUT2D eigenvalue weighted by atomic mass is 10.0. The number of amides is 1. The Morgan fingerprint density at radius 2 is 1.84 bits per heavy atom. The van der Waals surface area contributed by atoms with Crippen LogP contribution in [0.5, 0.6) is 5.75 Å². The molecule has 3 N–H and O–H groups in total. The number of aromatic nitrogens is 1. The summed E-state index contributed by atoms with van der Waals surface area (Å²) in [7, 11) is 1.68. The van der Waals surface area contributed by atoms with Crippen molar-refractivity contribution in [1.82, 2.24) is 10.3 Å². The molecule has 5 nitrogen and oxygen atoms in total. The van der Waals surface area contributed by atoms with Gasteiger partial charge in [-0.15, -0.1) is 0 Å². The Balaban J connectivity index is 1.37. The smallest absolute Gasteiger partial charge is 0.220 e. The molecule has 1 aromatic heterocycles. The van der Waals surface area contributed by atoms with Crippen molar-refractivity contribution in [2.24, 2.45) is 0 Å². The third-order valence-electron chi connectivity index (χ3n) is 6.38. The molecule has 0 spiro atoms. The van der Waals surface area contributed by atoms with E-state index in [0.29, 0.717) is 12.8 Å². The number of fused-ring (bicyclic) bond motifs is 1. The largest absolute Gasteiger partial charge is 0.497 e. The third-order valence-corrected chi connectivity index (χ3v) is 6.38. The van der Waals surface area contributed by atoms with E-state index >= 15 is 0 Å². The second kappa shape index (κ2) is 10.5. The van der Waals surface area contributed by atoms with Crippen molar-refractivity contribution in [3.63, 3.8) is 0 Å². The number of carbonyl (C=O) groups is 1. The van der Waals surface area contributed by atoms with Gasteiger partial charge in [0.1, 0.15) is 5.75 Å². The van der Waals surface area contributed by atoms with Crippen molar-refractivity contribution in [1.29, 1.82) is 0 Å². The molecule has 5 heteroatoms. The zero-order chi connectivity index (χ0) is 21.5. The van der Waals surface area contributed by atoms with Crippen LogP contribution in [0.15, 0.2) is 48.5 Å². The Morgan fingerprint density at radius 1 is 1.06 bits per heavy atom. The number of nitrogens with one attached hydrogen (secondary N) is 3. The molecule has 0 saturated carbocycles. The lowest BCUT2D eigenvalue weighted by molar-refractivity contribution is -0.904. The van der Waals surface area contributed by atoms with Gasteiger partial charge in [0.25, 0.3) is 0 Å². The first kappa shape index (κ1) is 21.4. The van der Waals surface area contributed by atoms with E-state index in [4.69, 9.17) is 4.74 Å². The molecule has 1 fully saturated rings. The zero-order valence-corrected chi connectivity index (χ0v) is 18.5. The van der Waals surface area contributed by atoms with Crippen molar-refractivity contribution in [2.75, 3.05) is 33.3 Å². The van der Waals surface area contributed by atoms with Crippen LogP contribution in [0.4, 0.5) is 0 Å². The lowest BCUT2D eigenvalue weighted by Crippen LogP contribution is -3.12. The van der Waals surface area contributed by atoms with E-state index in [1.807, 2.05) is 18.2 Å². The van der Waals surface area contributed by atoms with Crippen molar-refractivity contribution in [2.45, 2.75) is 38.5 Å². The molecular weight excluding hydrogens is 386 g/mol. The first-order valence-electron chi connectivity index (χ1n) is 11.6. The zero-order valence-electron chi connectivity index (χ0n) is 18.5. The van der Waals surface area contributed by atoms with Gasteiger partial charge < -0.3 is 19.9 Å². The number of hydrogen-bond donors (Lipinski definition) is 3. The molecule has 164 valence electrons. The molecule has 1 amide bonds. The van der Waals surface area contributed by atoms with Gasteiger partial charge in [0.15, 0.2) is 0 Å². The standard InChI is InChI=1S/C26H33N3O2/c1-31-21-12-10-20(11-13-21)26-23(22-8-3-4-9-24(22)28-26)14-15-25(30)27-16-7-19-29-17-5-2-6-18-29/h3-4,8-13,28H,2,5-7,14-19H2,1H3,(H,27,30)/p+1. The first-order valence-corrected chi connectivity index (χ1v) is 11.6. The number of para-hydroxylation sites is 1. The quantitative estimate of drug-likeness (QED) is 0.465. The number of aryl methyl sites for hydroxylation is 1. The van der Waals surface area contributed by atoms with E-state index in [2.05, 4.69) is 40.6 Å². The Labute approximate surface area is 184 Å². The van der Waals surface area contributed by atoms with Crippen LogP contribution in [0.1, 0.15) is 37.7 Å².